The Bertz CT molecular complexity index is 888. The van der Waals surface area contributed by atoms with Gasteiger partial charge >= 0.3 is 6.03 Å². The number of hydrogen-bond donors (Lipinski definition) is 3. The number of amides is 2. The lowest BCUT2D eigenvalue weighted by Gasteiger charge is -2.43. The molecule has 40 heavy (non-hydrogen) atoms. The molecule has 3 fully saturated rings. The molecule has 3 atom stereocenters. The zero-order valence-corrected chi connectivity index (χ0v) is 25.2. The SMILES string of the molecule is CNCC(CC1CCCCC1)NC(=O)N1CCCC(C(O)(CCCCOC)c2ccccc2OCCC2CC2)C1. The maximum absolute atomic E-state index is 13.6. The molecule has 0 bridgehead atoms. The fourth-order valence-electron chi connectivity index (χ4n) is 6.97. The smallest absolute Gasteiger partial charge is 0.317 e. The first-order valence-corrected chi connectivity index (χ1v) is 16.2. The van der Waals surface area contributed by atoms with Gasteiger partial charge in [0.05, 0.1) is 12.2 Å². The van der Waals surface area contributed by atoms with E-state index in [9.17, 15) is 9.90 Å². The van der Waals surface area contributed by atoms with Gasteiger partial charge < -0.3 is 30.1 Å². The molecule has 1 aliphatic heterocycles. The number of piperidine rings is 1. The topological polar surface area (TPSA) is 83.1 Å². The normalized spacial score (nSPS) is 22.5. The van der Waals surface area contributed by atoms with Crippen molar-refractivity contribution >= 4 is 6.03 Å². The monoisotopic (exact) mass is 557 g/mol. The highest BCUT2D eigenvalue weighted by atomic mass is 16.5. The van der Waals surface area contributed by atoms with E-state index in [1.54, 1.807) is 7.11 Å². The molecule has 1 aromatic carbocycles. The van der Waals surface area contributed by atoms with Crippen molar-refractivity contribution in [1.29, 1.82) is 0 Å². The minimum Gasteiger partial charge on any atom is -0.493 e. The van der Waals surface area contributed by atoms with Crippen LogP contribution >= 0.6 is 0 Å². The zero-order valence-electron chi connectivity index (χ0n) is 25.2. The van der Waals surface area contributed by atoms with E-state index in [4.69, 9.17) is 9.47 Å². The summed E-state index contributed by atoms with van der Waals surface area (Å²) in [6.45, 7) is 3.45. The average Bonchev–Trinajstić information content (AvgIpc) is 3.81. The van der Waals surface area contributed by atoms with Crippen LogP contribution in [0.25, 0.3) is 0 Å². The van der Waals surface area contributed by atoms with Gasteiger partial charge in [-0.3, -0.25) is 0 Å². The number of carbonyl (C=O) groups excluding carboxylic acids is 1. The first-order valence-electron chi connectivity index (χ1n) is 16.2. The molecule has 3 unspecified atom stereocenters. The number of para-hydroxylation sites is 1. The molecular weight excluding hydrogens is 502 g/mol. The molecule has 7 nitrogen and oxygen atoms in total. The maximum atomic E-state index is 13.6. The molecule has 4 rings (SSSR count). The van der Waals surface area contributed by atoms with Crippen LogP contribution < -0.4 is 15.4 Å². The molecule has 1 aromatic rings. The number of ether oxygens (including phenoxy) is 2. The number of aliphatic hydroxyl groups is 1. The van der Waals surface area contributed by atoms with Crippen LogP contribution in [-0.2, 0) is 10.3 Å². The predicted molar refractivity (Wildman–Crippen MR) is 161 cm³/mol. The highest BCUT2D eigenvalue weighted by Crippen LogP contribution is 2.44. The first-order chi connectivity index (χ1) is 19.5. The van der Waals surface area contributed by atoms with Crippen molar-refractivity contribution in [3.8, 4) is 5.75 Å². The maximum Gasteiger partial charge on any atom is 0.317 e. The average molecular weight is 558 g/mol. The number of methoxy groups -OCH3 is 1. The number of nitrogens with zero attached hydrogens (tertiary/aromatic N) is 1. The Labute approximate surface area is 242 Å². The summed E-state index contributed by atoms with van der Waals surface area (Å²) in [7, 11) is 3.69. The Morgan fingerprint density at radius 3 is 2.60 bits per heavy atom. The van der Waals surface area contributed by atoms with Gasteiger partial charge in [-0.2, -0.15) is 0 Å². The molecule has 3 N–H and O–H groups in total. The lowest BCUT2D eigenvalue weighted by Crippen LogP contribution is -2.54. The van der Waals surface area contributed by atoms with E-state index in [2.05, 4.69) is 10.6 Å². The number of unbranched alkanes of at least 4 members (excludes halogenated alkanes) is 1. The first kappa shape index (κ1) is 31.1. The van der Waals surface area contributed by atoms with Crippen LogP contribution in [0.3, 0.4) is 0 Å². The highest BCUT2D eigenvalue weighted by molar-refractivity contribution is 5.74. The Kier molecular flexibility index (Phi) is 12.4. The minimum absolute atomic E-state index is 0.0106. The quantitative estimate of drug-likeness (QED) is 0.222. The fraction of sp³-hybridized carbons (Fsp3) is 0.788. The van der Waals surface area contributed by atoms with E-state index in [1.165, 1.54) is 44.9 Å². The highest BCUT2D eigenvalue weighted by Gasteiger charge is 2.43. The number of likely N-dealkylation sites (N-methyl/N-ethyl adjacent to an activating group) is 1. The van der Waals surface area contributed by atoms with Crippen molar-refractivity contribution in [2.75, 3.05) is 47.0 Å². The van der Waals surface area contributed by atoms with Gasteiger partial charge in [0.15, 0.2) is 0 Å². The van der Waals surface area contributed by atoms with E-state index in [1.807, 2.05) is 36.2 Å². The molecule has 3 aliphatic rings. The van der Waals surface area contributed by atoms with Gasteiger partial charge in [0.1, 0.15) is 5.75 Å². The molecule has 2 aliphatic carbocycles. The van der Waals surface area contributed by atoms with Crippen molar-refractivity contribution < 1.29 is 19.4 Å². The zero-order chi connectivity index (χ0) is 28.2. The van der Waals surface area contributed by atoms with E-state index in [0.717, 1.165) is 68.8 Å². The third-order valence-corrected chi connectivity index (χ3v) is 9.50. The molecule has 0 aromatic heterocycles. The van der Waals surface area contributed by atoms with Gasteiger partial charge in [0, 0.05) is 50.9 Å². The molecule has 2 saturated carbocycles. The van der Waals surface area contributed by atoms with E-state index in [0.29, 0.717) is 32.1 Å². The Hall–Kier alpha value is -1.83. The summed E-state index contributed by atoms with van der Waals surface area (Å²) in [6.07, 6.45) is 15.4. The molecular formula is C33H55N3O4. The van der Waals surface area contributed by atoms with Crippen LogP contribution in [-0.4, -0.2) is 69.1 Å². The standard InChI is InChI=1S/C33H55N3O4/c1-34-24-29(23-27-11-4-3-5-12-27)35-32(37)36-20-10-13-28(25-36)33(38,19-8-9-21-39-2)30-14-6-7-15-31(30)40-22-18-26-16-17-26/h6-7,14-15,26-29,34,38H,3-5,8-13,16-25H2,1-2H3,(H,35,37). The van der Waals surface area contributed by atoms with Crippen LogP contribution in [0.1, 0.15) is 95.5 Å². The number of benzene rings is 1. The van der Waals surface area contributed by atoms with Gasteiger partial charge in [-0.1, -0.05) is 63.1 Å². The summed E-state index contributed by atoms with van der Waals surface area (Å²) in [4.78, 5) is 15.5. The van der Waals surface area contributed by atoms with Gasteiger partial charge in [-0.05, 0) is 69.9 Å². The van der Waals surface area contributed by atoms with E-state index >= 15 is 0 Å². The van der Waals surface area contributed by atoms with Crippen molar-refractivity contribution in [2.45, 2.75) is 102 Å². The molecule has 1 heterocycles. The van der Waals surface area contributed by atoms with Gasteiger partial charge in [0.2, 0.25) is 0 Å². The Morgan fingerprint density at radius 1 is 1.05 bits per heavy atom. The van der Waals surface area contributed by atoms with E-state index < -0.39 is 5.60 Å². The molecule has 1 saturated heterocycles. The minimum atomic E-state index is -1.06. The third kappa shape index (κ3) is 9.09. The number of nitrogens with one attached hydrogen (secondary N) is 2. The summed E-state index contributed by atoms with van der Waals surface area (Å²) in [6, 6.07) is 8.18. The number of carbonyl (C=O) groups is 1. The van der Waals surface area contributed by atoms with Crippen LogP contribution in [0.4, 0.5) is 4.79 Å². The van der Waals surface area contributed by atoms with Crippen molar-refractivity contribution in [2.24, 2.45) is 17.8 Å². The summed E-state index contributed by atoms with van der Waals surface area (Å²) < 4.78 is 11.6. The summed E-state index contributed by atoms with van der Waals surface area (Å²) >= 11 is 0. The number of urea groups is 1. The Morgan fingerprint density at radius 2 is 1.85 bits per heavy atom. The fourth-order valence-corrected chi connectivity index (χ4v) is 6.97. The van der Waals surface area contributed by atoms with Gasteiger partial charge in [-0.15, -0.1) is 0 Å². The van der Waals surface area contributed by atoms with Crippen molar-refractivity contribution in [1.82, 2.24) is 15.5 Å². The molecule has 0 radical (unpaired) electrons. The second kappa shape index (κ2) is 16.0. The molecule has 226 valence electrons. The number of hydrogen-bond acceptors (Lipinski definition) is 5. The van der Waals surface area contributed by atoms with E-state index in [-0.39, 0.29) is 18.0 Å². The molecule has 0 spiro atoms. The molecule has 2 amide bonds. The number of rotatable bonds is 16. The predicted octanol–water partition coefficient (Wildman–Crippen LogP) is 5.85. The van der Waals surface area contributed by atoms with Crippen molar-refractivity contribution in [3.05, 3.63) is 29.8 Å². The third-order valence-electron chi connectivity index (χ3n) is 9.50. The lowest BCUT2D eigenvalue weighted by atomic mass is 9.73. The molecule has 7 heteroatoms. The van der Waals surface area contributed by atoms with Gasteiger partial charge in [-0.25, -0.2) is 4.79 Å². The second-order valence-electron chi connectivity index (χ2n) is 12.7. The Balaban J connectivity index is 1.45. The van der Waals surface area contributed by atoms with Crippen LogP contribution in [0.2, 0.25) is 0 Å². The van der Waals surface area contributed by atoms with Crippen molar-refractivity contribution in [3.63, 3.8) is 0 Å². The summed E-state index contributed by atoms with van der Waals surface area (Å²) in [5, 5.41) is 19.2. The lowest BCUT2D eigenvalue weighted by molar-refractivity contribution is -0.0580. The van der Waals surface area contributed by atoms with Crippen LogP contribution in [0.5, 0.6) is 5.75 Å². The second-order valence-corrected chi connectivity index (χ2v) is 12.7. The van der Waals surface area contributed by atoms with Crippen LogP contribution in [0.15, 0.2) is 24.3 Å². The van der Waals surface area contributed by atoms with Crippen LogP contribution in [0, 0.1) is 17.8 Å². The summed E-state index contributed by atoms with van der Waals surface area (Å²) in [5.74, 6) is 2.25. The van der Waals surface area contributed by atoms with Gasteiger partial charge in [0.25, 0.3) is 0 Å². The largest absolute Gasteiger partial charge is 0.493 e. The number of likely N-dealkylation sites (tertiary alicyclic amines) is 1. The summed E-state index contributed by atoms with van der Waals surface area (Å²) in [5.41, 5.74) is -0.184.